The molecule has 0 radical (unpaired) electrons. The first-order valence-electron chi connectivity index (χ1n) is 3.26. The second-order valence-corrected chi connectivity index (χ2v) is 2.25. The van der Waals surface area contributed by atoms with Gasteiger partial charge in [0, 0.05) is 6.54 Å². The SMILES string of the molecule is N#CC(CNCC(=O)O)C(F)(F)F. The van der Waals surface area contributed by atoms with Gasteiger partial charge in [-0.2, -0.15) is 18.4 Å². The number of halogens is 3. The second-order valence-electron chi connectivity index (χ2n) is 2.25. The number of carbonyl (C=O) groups is 1. The van der Waals surface area contributed by atoms with Gasteiger partial charge in [0.2, 0.25) is 0 Å². The lowest BCUT2D eigenvalue weighted by atomic mass is 10.1. The summed E-state index contributed by atoms with van der Waals surface area (Å²) in [5.41, 5.74) is 0. The molecule has 0 amide bonds. The van der Waals surface area contributed by atoms with E-state index in [4.69, 9.17) is 10.4 Å². The molecule has 2 N–H and O–H groups in total. The van der Waals surface area contributed by atoms with Gasteiger partial charge >= 0.3 is 12.1 Å². The van der Waals surface area contributed by atoms with Crippen LogP contribution in [-0.4, -0.2) is 30.3 Å². The molecule has 0 aliphatic heterocycles. The molecule has 0 fully saturated rings. The number of nitriles is 1. The molecule has 0 aliphatic rings. The van der Waals surface area contributed by atoms with E-state index in [1.807, 2.05) is 5.32 Å². The van der Waals surface area contributed by atoms with Crippen molar-refractivity contribution in [2.24, 2.45) is 5.92 Å². The highest BCUT2D eigenvalue weighted by molar-refractivity contribution is 5.68. The molecule has 0 aromatic carbocycles. The van der Waals surface area contributed by atoms with Crippen LogP contribution in [-0.2, 0) is 4.79 Å². The molecule has 0 spiro atoms. The van der Waals surface area contributed by atoms with E-state index >= 15 is 0 Å². The Morgan fingerprint density at radius 3 is 2.46 bits per heavy atom. The molecule has 0 aromatic rings. The minimum absolute atomic E-state index is 0.589. The van der Waals surface area contributed by atoms with Crippen LogP contribution in [0.2, 0.25) is 0 Å². The van der Waals surface area contributed by atoms with Crippen molar-refractivity contribution in [3.05, 3.63) is 0 Å². The number of alkyl halides is 3. The molecule has 4 nitrogen and oxygen atoms in total. The van der Waals surface area contributed by atoms with Crippen LogP contribution < -0.4 is 5.32 Å². The highest BCUT2D eigenvalue weighted by Crippen LogP contribution is 2.24. The number of aliphatic carboxylic acids is 1. The monoisotopic (exact) mass is 196 g/mol. The average Bonchev–Trinajstić information content (AvgIpc) is 1.95. The molecule has 0 bridgehead atoms. The van der Waals surface area contributed by atoms with E-state index in [1.165, 1.54) is 0 Å². The van der Waals surface area contributed by atoms with Crippen molar-refractivity contribution in [1.29, 1.82) is 5.26 Å². The standard InChI is InChI=1S/C6H7F3N2O2/c7-6(8,9)4(1-10)2-11-3-5(12)13/h4,11H,2-3H2,(H,12,13). The average molecular weight is 196 g/mol. The molecule has 0 saturated carbocycles. The zero-order valence-electron chi connectivity index (χ0n) is 6.43. The minimum Gasteiger partial charge on any atom is -0.480 e. The van der Waals surface area contributed by atoms with Gasteiger partial charge in [0.05, 0.1) is 12.6 Å². The maximum Gasteiger partial charge on any atom is 0.405 e. The molecule has 0 saturated heterocycles. The Hall–Kier alpha value is -1.29. The summed E-state index contributed by atoms with van der Waals surface area (Å²) in [5.74, 6) is -3.43. The smallest absolute Gasteiger partial charge is 0.405 e. The van der Waals surface area contributed by atoms with Crippen molar-refractivity contribution < 1.29 is 23.1 Å². The number of hydrogen-bond acceptors (Lipinski definition) is 3. The number of nitrogens with zero attached hydrogens (tertiary/aromatic N) is 1. The summed E-state index contributed by atoms with van der Waals surface area (Å²) in [5, 5.41) is 18.1. The lowest BCUT2D eigenvalue weighted by Gasteiger charge is -2.12. The van der Waals surface area contributed by atoms with Crippen LogP contribution in [0.25, 0.3) is 0 Å². The van der Waals surface area contributed by atoms with E-state index < -0.39 is 31.2 Å². The first-order chi connectivity index (χ1) is 5.88. The van der Waals surface area contributed by atoms with E-state index in [0.29, 0.717) is 0 Å². The molecule has 0 aromatic heterocycles. The fourth-order valence-corrected chi connectivity index (χ4v) is 0.558. The number of hydrogen-bond donors (Lipinski definition) is 2. The number of rotatable bonds is 4. The van der Waals surface area contributed by atoms with Gasteiger partial charge in [-0.05, 0) is 0 Å². The molecular weight excluding hydrogens is 189 g/mol. The summed E-state index contributed by atoms with van der Waals surface area (Å²) in [7, 11) is 0. The number of carboxylic acid groups (broad SMARTS) is 1. The molecule has 0 aliphatic carbocycles. The summed E-state index contributed by atoms with van der Waals surface area (Å²) >= 11 is 0. The van der Waals surface area contributed by atoms with Gasteiger partial charge in [0.1, 0.15) is 0 Å². The summed E-state index contributed by atoms with van der Waals surface area (Å²) < 4.78 is 35.5. The zero-order chi connectivity index (χ0) is 10.5. The van der Waals surface area contributed by atoms with Crippen molar-refractivity contribution in [3.63, 3.8) is 0 Å². The highest BCUT2D eigenvalue weighted by atomic mass is 19.4. The molecule has 0 rings (SSSR count). The molecule has 13 heavy (non-hydrogen) atoms. The molecule has 7 heteroatoms. The Balaban J connectivity index is 3.89. The number of nitrogens with one attached hydrogen (secondary N) is 1. The first-order valence-corrected chi connectivity index (χ1v) is 3.26. The van der Waals surface area contributed by atoms with E-state index in [-0.39, 0.29) is 0 Å². The summed E-state index contributed by atoms with van der Waals surface area (Å²) in [6, 6.07) is 1.04. The maximum absolute atomic E-state index is 11.8. The lowest BCUT2D eigenvalue weighted by Crippen LogP contribution is -2.34. The number of carboxylic acids is 1. The first kappa shape index (κ1) is 11.7. The van der Waals surface area contributed by atoms with E-state index in [9.17, 15) is 18.0 Å². The van der Waals surface area contributed by atoms with E-state index in [0.717, 1.165) is 6.07 Å². The molecular formula is C6H7F3N2O2. The Bertz CT molecular complexity index is 221. The van der Waals surface area contributed by atoms with Gasteiger partial charge in [0.25, 0.3) is 0 Å². The van der Waals surface area contributed by atoms with Gasteiger partial charge in [-0.15, -0.1) is 0 Å². The Morgan fingerprint density at radius 1 is 1.62 bits per heavy atom. The third-order valence-corrected chi connectivity index (χ3v) is 1.18. The third kappa shape index (κ3) is 5.03. The quantitative estimate of drug-likeness (QED) is 0.680. The third-order valence-electron chi connectivity index (χ3n) is 1.18. The fourth-order valence-electron chi connectivity index (χ4n) is 0.558. The van der Waals surface area contributed by atoms with Gasteiger partial charge in [-0.1, -0.05) is 0 Å². The van der Waals surface area contributed by atoms with Crippen LogP contribution in [0.3, 0.4) is 0 Å². The van der Waals surface area contributed by atoms with Crippen LogP contribution in [0.1, 0.15) is 0 Å². The van der Waals surface area contributed by atoms with Crippen molar-refractivity contribution in [2.45, 2.75) is 6.18 Å². The summed E-state index contributed by atoms with van der Waals surface area (Å²) in [6.45, 7) is -1.29. The van der Waals surface area contributed by atoms with Crippen LogP contribution in [0.4, 0.5) is 13.2 Å². The maximum atomic E-state index is 11.8. The predicted molar refractivity (Wildman–Crippen MR) is 35.7 cm³/mol. The van der Waals surface area contributed by atoms with Crippen molar-refractivity contribution in [2.75, 3.05) is 13.1 Å². The van der Waals surface area contributed by atoms with Crippen molar-refractivity contribution >= 4 is 5.97 Å². The van der Waals surface area contributed by atoms with Crippen LogP contribution >= 0.6 is 0 Å². The van der Waals surface area contributed by atoms with Gasteiger partial charge in [0.15, 0.2) is 5.92 Å². The highest BCUT2D eigenvalue weighted by Gasteiger charge is 2.39. The molecule has 1 unspecified atom stereocenters. The largest absolute Gasteiger partial charge is 0.480 e. The predicted octanol–water partition coefficient (Wildman–Crippen LogP) is 0.363. The Morgan fingerprint density at radius 2 is 2.15 bits per heavy atom. The summed E-state index contributed by atoms with van der Waals surface area (Å²) in [6.07, 6.45) is -4.61. The molecule has 1 atom stereocenters. The lowest BCUT2D eigenvalue weighted by molar-refractivity contribution is -0.158. The Labute approximate surface area is 72.0 Å². The van der Waals surface area contributed by atoms with Crippen molar-refractivity contribution in [1.82, 2.24) is 5.32 Å². The van der Waals surface area contributed by atoms with Gasteiger partial charge in [-0.3, -0.25) is 4.79 Å². The van der Waals surface area contributed by atoms with Crippen LogP contribution in [0.15, 0.2) is 0 Å². The Kier molecular flexibility index (Phi) is 4.20. The topological polar surface area (TPSA) is 73.1 Å². The zero-order valence-corrected chi connectivity index (χ0v) is 6.43. The van der Waals surface area contributed by atoms with E-state index in [2.05, 4.69) is 0 Å². The fraction of sp³-hybridized carbons (Fsp3) is 0.667. The van der Waals surface area contributed by atoms with Crippen molar-refractivity contribution in [3.8, 4) is 6.07 Å². The van der Waals surface area contributed by atoms with Crippen LogP contribution in [0, 0.1) is 17.2 Å². The van der Waals surface area contributed by atoms with E-state index in [1.54, 1.807) is 0 Å². The normalized spacial score (nSPS) is 13.4. The van der Waals surface area contributed by atoms with Gasteiger partial charge in [-0.25, -0.2) is 0 Å². The molecule has 0 heterocycles. The summed E-state index contributed by atoms with van der Waals surface area (Å²) in [4.78, 5) is 9.89. The van der Waals surface area contributed by atoms with Crippen LogP contribution in [0.5, 0.6) is 0 Å². The second kappa shape index (κ2) is 4.67. The van der Waals surface area contributed by atoms with Gasteiger partial charge < -0.3 is 10.4 Å². The minimum atomic E-state index is -4.61. The molecule has 74 valence electrons.